The highest BCUT2D eigenvalue weighted by atomic mass is 127. The quantitative estimate of drug-likeness (QED) is 0.395. The molecule has 0 nitrogen and oxygen atoms in total. The minimum Gasteiger partial charge on any atom is -0.224 e. The van der Waals surface area contributed by atoms with E-state index in [0.717, 1.165) is 19.3 Å². The van der Waals surface area contributed by atoms with E-state index in [1.54, 1.807) is 34.7 Å². The van der Waals surface area contributed by atoms with Gasteiger partial charge in [-0.1, -0.05) is 31.9 Å². The van der Waals surface area contributed by atoms with Gasteiger partial charge >= 0.3 is 0 Å². The van der Waals surface area contributed by atoms with Gasteiger partial charge in [0, 0.05) is 6.42 Å². The molecule has 0 heterocycles. The van der Waals surface area contributed by atoms with Crippen LogP contribution in [-0.2, 0) is 0 Å². The number of unbranched alkanes of at least 4 members (excludes halogenated alkanes) is 2. The lowest BCUT2D eigenvalue weighted by Gasteiger charge is -2.20. The van der Waals surface area contributed by atoms with E-state index < -0.39 is 9.50 Å². The van der Waals surface area contributed by atoms with Gasteiger partial charge < -0.3 is 0 Å². The van der Waals surface area contributed by atoms with Crippen LogP contribution in [0.3, 0.4) is 0 Å². The van der Waals surface area contributed by atoms with Gasteiger partial charge in [0.1, 0.15) is 0 Å². The third-order valence-corrected chi connectivity index (χ3v) is 3.26. The van der Waals surface area contributed by atoms with E-state index in [4.69, 9.17) is 0 Å². The molecule has 0 saturated carbocycles. The van der Waals surface area contributed by atoms with Gasteiger partial charge in [-0.25, -0.2) is 8.78 Å². The van der Waals surface area contributed by atoms with E-state index in [0.29, 0.717) is 12.0 Å². The molecule has 0 radical (unpaired) electrons. The van der Waals surface area contributed by atoms with Crippen molar-refractivity contribution in [3.05, 3.63) is 23.6 Å². The standard InChI is InChI=1S/C11H15F2I/c1-2-3-4-6-9-7-5-8-11(13,14)10(9)12/h5,7H,2-4,6,8H2,1H3. The molecule has 0 bridgehead atoms. The SMILES string of the molecule is CCCCCC1=C(F)C(F)(I)CC=C1. The van der Waals surface area contributed by atoms with Gasteiger partial charge in [0.25, 0.3) is 0 Å². The average Bonchev–Trinajstić information content (AvgIpc) is 2.13. The maximum Gasteiger partial charge on any atom is 0.215 e. The number of rotatable bonds is 4. The fourth-order valence-corrected chi connectivity index (χ4v) is 2.11. The molecule has 0 saturated heterocycles. The van der Waals surface area contributed by atoms with Gasteiger partial charge in [0.15, 0.2) is 5.83 Å². The van der Waals surface area contributed by atoms with Crippen molar-refractivity contribution < 1.29 is 8.78 Å². The minimum absolute atomic E-state index is 0.149. The molecule has 0 amide bonds. The first-order valence-electron chi connectivity index (χ1n) is 5.01. The molecule has 0 spiro atoms. The molecule has 0 aromatic heterocycles. The van der Waals surface area contributed by atoms with Crippen molar-refractivity contribution in [2.24, 2.45) is 0 Å². The van der Waals surface area contributed by atoms with Crippen LogP contribution in [0.25, 0.3) is 0 Å². The van der Waals surface area contributed by atoms with Gasteiger partial charge in [0.2, 0.25) is 3.68 Å². The summed E-state index contributed by atoms with van der Waals surface area (Å²) in [6.45, 7) is 2.10. The lowest BCUT2D eigenvalue weighted by Crippen LogP contribution is -2.17. The normalized spacial score (nSPS) is 27.1. The van der Waals surface area contributed by atoms with Crippen LogP contribution in [0.4, 0.5) is 8.78 Å². The summed E-state index contributed by atoms with van der Waals surface area (Å²) < 4.78 is 25.2. The van der Waals surface area contributed by atoms with Crippen LogP contribution in [-0.4, -0.2) is 3.68 Å². The zero-order valence-corrected chi connectivity index (χ0v) is 10.5. The highest BCUT2D eigenvalue weighted by molar-refractivity contribution is 14.1. The second-order valence-corrected chi connectivity index (χ2v) is 5.32. The largest absolute Gasteiger partial charge is 0.224 e. The molecule has 0 aromatic rings. The summed E-state index contributed by atoms with van der Waals surface area (Å²) in [6.07, 6.45) is 7.37. The highest BCUT2D eigenvalue weighted by Gasteiger charge is 2.34. The van der Waals surface area contributed by atoms with E-state index in [1.807, 2.05) is 0 Å². The third-order valence-electron chi connectivity index (χ3n) is 2.35. The molecule has 3 heteroatoms. The third kappa shape index (κ3) is 3.04. The second-order valence-electron chi connectivity index (χ2n) is 3.61. The zero-order chi connectivity index (χ0) is 10.6. The monoisotopic (exact) mass is 312 g/mol. The van der Waals surface area contributed by atoms with Crippen LogP contribution < -0.4 is 0 Å². The summed E-state index contributed by atoms with van der Waals surface area (Å²) in [7, 11) is 0. The number of alkyl halides is 2. The lowest BCUT2D eigenvalue weighted by molar-refractivity contribution is 0.301. The molecule has 1 aliphatic rings. The minimum atomic E-state index is -1.80. The van der Waals surface area contributed by atoms with Crippen molar-refractivity contribution in [2.75, 3.05) is 0 Å². The number of allylic oxidation sites excluding steroid dienone is 4. The first kappa shape index (κ1) is 12.1. The molecule has 14 heavy (non-hydrogen) atoms. The first-order chi connectivity index (χ1) is 6.58. The predicted octanol–water partition coefficient (Wildman–Crippen LogP) is 4.85. The van der Waals surface area contributed by atoms with E-state index >= 15 is 0 Å². The van der Waals surface area contributed by atoms with Crippen LogP contribution in [0.1, 0.15) is 39.0 Å². The fourth-order valence-electron chi connectivity index (χ4n) is 1.51. The van der Waals surface area contributed by atoms with Gasteiger partial charge in [-0.3, -0.25) is 0 Å². The van der Waals surface area contributed by atoms with Crippen molar-refractivity contribution in [1.29, 1.82) is 0 Å². The summed E-state index contributed by atoms with van der Waals surface area (Å²) >= 11 is 1.54. The average molecular weight is 312 g/mol. The maximum atomic E-state index is 13.5. The van der Waals surface area contributed by atoms with Crippen molar-refractivity contribution in [3.63, 3.8) is 0 Å². The van der Waals surface area contributed by atoms with E-state index in [9.17, 15) is 8.78 Å². The molecule has 1 rings (SSSR count). The van der Waals surface area contributed by atoms with Crippen molar-refractivity contribution in [1.82, 2.24) is 0 Å². The van der Waals surface area contributed by atoms with E-state index in [-0.39, 0.29) is 6.42 Å². The topological polar surface area (TPSA) is 0 Å². The Bertz CT molecular complexity index is 254. The van der Waals surface area contributed by atoms with Gasteiger partial charge in [-0.15, -0.1) is 0 Å². The van der Waals surface area contributed by atoms with E-state index in [1.165, 1.54) is 0 Å². The summed E-state index contributed by atoms with van der Waals surface area (Å²) in [6, 6.07) is 0. The number of hydrogen-bond donors (Lipinski definition) is 0. The van der Waals surface area contributed by atoms with Gasteiger partial charge in [-0.05, 0) is 41.0 Å². The zero-order valence-electron chi connectivity index (χ0n) is 8.32. The Balaban J connectivity index is 2.61. The Hall–Kier alpha value is 0.0700. The first-order valence-corrected chi connectivity index (χ1v) is 6.09. The number of halogens is 3. The van der Waals surface area contributed by atoms with Crippen LogP contribution in [0.5, 0.6) is 0 Å². The smallest absolute Gasteiger partial charge is 0.215 e. The molecule has 0 N–H and O–H groups in total. The Labute approximate surface area is 97.6 Å². The Morgan fingerprint density at radius 1 is 1.50 bits per heavy atom. The summed E-state index contributed by atoms with van der Waals surface area (Å²) in [4.78, 5) is 0. The van der Waals surface area contributed by atoms with Crippen LogP contribution in [0.15, 0.2) is 23.6 Å². The molecule has 1 atom stereocenters. The Morgan fingerprint density at radius 2 is 2.21 bits per heavy atom. The maximum absolute atomic E-state index is 13.5. The molecular weight excluding hydrogens is 297 g/mol. The lowest BCUT2D eigenvalue weighted by atomic mass is 9.99. The molecule has 1 unspecified atom stereocenters. The molecule has 1 aliphatic carbocycles. The molecule has 80 valence electrons. The van der Waals surface area contributed by atoms with E-state index in [2.05, 4.69) is 6.92 Å². The summed E-state index contributed by atoms with van der Waals surface area (Å²) in [5.41, 5.74) is 0.543. The van der Waals surface area contributed by atoms with Gasteiger partial charge in [-0.2, -0.15) is 0 Å². The van der Waals surface area contributed by atoms with Crippen LogP contribution >= 0.6 is 22.6 Å². The Morgan fingerprint density at radius 3 is 2.86 bits per heavy atom. The molecule has 0 fully saturated rings. The highest BCUT2D eigenvalue weighted by Crippen LogP contribution is 2.40. The summed E-state index contributed by atoms with van der Waals surface area (Å²) in [5, 5.41) is 0. The van der Waals surface area contributed by atoms with Crippen molar-refractivity contribution >= 4 is 22.6 Å². The molecular formula is C11H15F2I. The van der Waals surface area contributed by atoms with Crippen molar-refractivity contribution in [3.8, 4) is 0 Å². The Kier molecular flexibility index (Phi) is 4.54. The number of hydrogen-bond acceptors (Lipinski definition) is 0. The van der Waals surface area contributed by atoms with Crippen LogP contribution in [0.2, 0.25) is 0 Å². The van der Waals surface area contributed by atoms with Crippen LogP contribution in [0, 0.1) is 0 Å². The summed E-state index contributed by atoms with van der Waals surface area (Å²) in [5.74, 6) is -0.572. The predicted molar refractivity (Wildman–Crippen MR) is 63.9 cm³/mol. The molecule has 0 aliphatic heterocycles. The second kappa shape index (κ2) is 5.24. The molecule has 0 aromatic carbocycles. The fraction of sp³-hybridized carbons (Fsp3) is 0.636. The van der Waals surface area contributed by atoms with Crippen molar-refractivity contribution in [2.45, 2.75) is 42.7 Å². The van der Waals surface area contributed by atoms with Gasteiger partial charge in [0.05, 0.1) is 0 Å².